The van der Waals surface area contributed by atoms with Gasteiger partial charge in [-0.15, -0.1) is 0 Å². The summed E-state index contributed by atoms with van der Waals surface area (Å²) in [5, 5.41) is 0. The lowest BCUT2D eigenvalue weighted by atomic mass is 10.1. The van der Waals surface area contributed by atoms with Crippen LogP contribution in [0.3, 0.4) is 0 Å². The number of aryl methyl sites for hydroxylation is 1. The smallest absolute Gasteiger partial charge is 0.226 e. The van der Waals surface area contributed by atoms with Gasteiger partial charge in [-0.1, -0.05) is 13.0 Å². The van der Waals surface area contributed by atoms with Crippen LogP contribution in [0.25, 0.3) is 0 Å². The largest absolute Gasteiger partial charge is 0.495 e. The first-order valence-electron chi connectivity index (χ1n) is 6.27. The first-order chi connectivity index (χ1) is 8.63. The molecule has 1 rings (SSSR count). The van der Waals surface area contributed by atoms with E-state index in [1.54, 1.807) is 19.1 Å². The number of carbonyl (C=O) groups excluding carboxylic acids is 1. The Balaban J connectivity index is 2.94. The van der Waals surface area contributed by atoms with Crippen molar-refractivity contribution in [2.24, 2.45) is 5.73 Å². The van der Waals surface area contributed by atoms with Crippen LogP contribution in [0.2, 0.25) is 0 Å². The number of carbonyl (C=O) groups is 1. The van der Waals surface area contributed by atoms with Crippen LogP contribution in [0.15, 0.2) is 18.2 Å². The van der Waals surface area contributed by atoms with Crippen molar-refractivity contribution >= 4 is 11.6 Å². The van der Waals surface area contributed by atoms with E-state index in [9.17, 15) is 4.79 Å². The van der Waals surface area contributed by atoms with Gasteiger partial charge in [0.25, 0.3) is 0 Å². The molecule has 0 atom stereocenters. The number of amides is 1. The third kappa shape index (κ3) is 3.47. The molecule has 0 fully saturated rings. The predicted octanol–water partition coefficient (Wildman–Crippen LogP) is 1.96. The van der Waals surface area contributed by atoms with E-state index in [1.807, 2.05) is 18.2 Å². The number of hydrogen-bond donors (Lipinski definition) is 1. The third-order valence-electron chi connectivity index (χ3n) is 2.98. The van der Waals surface area contributed by atoms with Gasteiger partial charge in [0.05, 0.1) is 12.8 Å². The molecule has 4 heteroatoms. The minimum atomic E-state index is 0.0620. The summed E-state index contributed by atoms with van der Waals surface area (Å²) < 4.78 is 5.30. The highest BCUT2D eigenvalue weighted by Crippen LogP contribution is 2.29. The molecule has 1 aromatic rings. The van der Waals surface area contributed by atoms with E-state index in [-0.39, 0.29) is 5.91 Å². The van der Waals surface area contributed by atoms with Crippen LogP contribution in [-0.2, 0) is 11.2 Å². The lowest BCUT2D eigenvalue weighted by Gasteiger charge is -2.20. The van der Waals surface area contributed by atoms with Gasteiger partial charge in [0.15, 0.2) is 0 Å². The number of hydrogen-bond acceptors (Lipinski definition) is 3. The zero-order valence-electron chi connectivity index (χ0n) is 11.4. The Hall–Kier alpha value is -1.55. The maximum absolute atomic E-state index is 12.0. The maximum atomic E-state index is 12.0. The standard InChI is InChI=1S/C14H22N2O2/c1-4-11-7-8-13(18-3)12(10-11)16(2)14(17)6-5-9-15/h7-8,10H,4-6,9,15H2,1-3H3. The topological polar surface area (TPSA) is 55.6 Å². The Bertz CT molecular complexity index is 405. The molecule has 1 amide bonds. The summed E-state index contributed by atoms with van der Waals surface area (Å²) in [5.74, 6) is 0.780. The molecular formula is C14H22N2O2. The molecule has 0 saturated carbocycles. The van der Waals surface area contributed by atoms with Crippen LogP contribution in [-0.4, -0.2) is 26.6 Å². The van der Waals surface area contributed by atoms with Crippen molar-refractivity contribution in [3.8, 4) is 5.75 Å². The van der Waals surface area contributed by atoms with Gasteiger partial charge in [0.2, 0.25) is 5.91 Å². The van der Waals surface area contributed by atoms with Gasteiger partial charge in [-0.2, -0.15) is 0 Å². The van der Waals surface area contributed by atoms with Gasteiger partial charge in [0, 0.05) is 13.5 Å². The average Bonchev–Trinajstić information content (AvgIpc) is 2.43. The molecule has 0 radical (unpaired) electrons. The number of benzene rings is 1. The predicted molar refractivity (Wildman–Crippen MR) is 74.1 cm³/mol. The zero-order valence-corrected chi connectivity index (χ0v) is 11.4. The lowest BCUT2D eigenvalue weighted by Crippen LogP contribution is -2.27. The molecule has 0 aliphatic heterocycles. The van der Waals surface area contributed by atoms with Crippen molar-refractivity contribution in [2.45, 2.75) is 26.2 Å². The fourth-order valence-electron chi connectivity index (χ4n) is 1.77. The molecule has 0 bridgehead atoms. The molecule has 0 saturated heterocycles. The molecule has 0 aliphatic rings. The molecule has 0 aromatic heterocycles. The Labute approximate surface area is 109 Å². The first-order valence-corrected chi connectivity index (χ1v) is 6.27. The second kappa shape index (κ2) is 7.01. The second-order valence-electron chi connectivity index (χ2n) is 4.20. The van der Waals surface area contributed by atoms with E-state index in [0.717, 1.165) is 17.9 Å². The van der Waals surface area contributed by atoms with Crippen LogP contribution in [0, 0.1) is 0 Å². The van der Waals surface area contributed by atoms with Gasteiger partial charge in [-0.05, 0) is 37.1 Å². The van der Waals surface area contributed by atoms with E-state index in [0.29, 0.717) is 19.4 Å². The Morgan fingerprint density at radius 3 is 2.72 bits per heavy atom. The summed E-state index contributed by atoms with van der Waals surface area (Å²) in [6.07, 6.45) is 2.10. The fraction of sp³-hybridized carbons (Fsp3) is 0.500. The highest BCUT2D eigenvalue weighted by molar-refractivity contribution is 5.94. The molecule has 4 nitrogen and oxygen atoms in total. The molecule has 2 N–H and O–H groups in total. The zero-order chi connectivity index (χ0) is 13.5. The van der Waals surface area contributed by atoms with Crippen molar-refractivity contribution in [3.05, 3.63) is 23.8 Å². The van der Waals surface area contributed by atoms with Crippen LogP contribution in [0.4, 0.5) is 5.69 Å². The average molecular weight is 250 g/mol. The van der Waals surface area contributed by atoms with Crippen LogP contribution in [0.1, 0.15) is 25.3 Å². The SMILES string of the molecule is CCc1ccc(OC)c(N(C)C(=O)CCCN)c1. The van der Waals surface area contributed by atoms with Crippen LogP contribution >= 0.6 is 0 Å². The van der Waals surface area contributed by atoms with Crippen molar-refractivity contribution in [1.82, 2.24) is 0 Å². The monoisotopic (exact) mass is 250 g/mol. The fourth-order valence-corrected chi connectivity index (χ4v) is 1.77. The molecule has 0 unspecified atom stereocenters. The number of nitrogens with zero attached hydrogens (tertiary/aromatic N) is 1. The second-order valence-corrected chi connectivity index (χ2v) is 4.20. The van der Waals surface area contributed by atoms with Crippen molar-refractivity contribution < 1.29 is 9.53 Å². The van der Waals surface area contributed by atoms with E-state index in [1.165, 1.54) is 5.56 Å². The Kier molecular flexibility index (Phi) is 5.65. The number of ether oxygens (including phenoxy) is 1. The molecule has 18 heavy (non-hydrogen) atoms. The summed E-state index contributed by atoms with van der Waals surface area (Å²) in [6.45, 7) is 2.62. The molecular weight excluding hydrogens is 228 g/mol. The minimum Gasteiger partial charge on any atom is -0.495 e. The molecule has 0 aliphatic carbocycles. The van der Waals surface area contributed by atoms with E-state index in [2.05, 4.69) is 6.92 Å². The Morgan fingerprint density at radius 2 is 2.17 bits per heavy atom. The van der Waals surface area contributed by atoms with E-state index >= 15 is 0 Å². The highest BCUT2D eigenvalue weighted by Gasteiger charge is 2.15. The van der Waals surface area contributed by atoms with E-state index < -0.39 is 0 Å². The summed E-state index contributed by atoms with van der Waals surface area (Å²) in [4.78, 5) is 13.6. The summed E-state index contributed by atoms with van der Waals surface area (Å²) in [5.41, 5.74) is 7.42. The number of anilines is 1. The van der Waals surface area contributed by atoms with Crippen LogP contribution < -0.4 is 15.4 Å². The highest BCUT2D eigenvalue weighted by atomic mass is 16.5. The lowest BCUT2D eigenvalue weighted by molar-refractivity contribution is -0.118. The van der Waals surface area contributed by atoms with Crippen LogP contribution in [0.5, 0.6) is 5.75 Å². The molecule has 0 heterocycles. The van der Waals surface area contributed by atoms with E-state index in [4.69, 9.17) is 10.5 Å². The molecule has 1 aromatic carbocycles. The number of nitrogens with two attached hydrogens (primary N) is 1. The van der Waals surface area contributed by atoms with Gasteiger partial charge in [0.1, 0.15) is 5.75 Å². The normalized spacial score (nSPS) is 10.2. The molecule has 0 spiro atoms. The van der Waals surface area contributed by atoms with Crippen molar-refractivity contribution in [2.75, 3.05) is 25.6 Å². The first kappa shape index (κ1) is 14.5. The maximum Gasteiger partial charge on any atom is 0.226 e. The Morgan fingerprint density at radius 1 is 1.44 bits per heavy atom. The third-order valence-corrected chi connectivity index (χ3v) is 2.98. The van der Waals surface area contributed by atoms with Gasteiger partial charge >= 0.3 is 0 Å². The summed E-state index contributed by atoms with van der Waals surface area (Å²) in [6, 6.07) is 5.92. The van der Waals surface area contributed by atoms with Gasteiger partial charge in [-0.25, -0.2) is 0 Å². The van der Waals surface area contributed by atoms with Gasteiger partial charge < -0.3 is 15.4 Å². The van der Waals surface area contributed by atoms with Crippen molar-refractivity contribution in [1.29, 1.82) is 0 Å². The summed E-state index contributed by atoms with van der Waals surface area (Å²) >= 11 is 0. The quantitative estimate of drug-likeness (QED) is 0.839. The van der Waals surface area contributed by atoms with Crippen molar-refractivity contribution in [3.63, 3.8) is 0 Å². The minimum absolute atomic E-state index is 0.0620. The molecule has 100 valence electrons. The number of rotatable bonds is 6. The number of methoxy groups -OCH3 is 1. The summed E-state index contributed by atoms with van der Waals surface area (Å²) in [7, 11) is 3.39. The van der Waals surface area contributed by atoms with Gasteiger partial charge in [-0.3, -0.25) is 4.79 Å².